The quantitative estimate of drug-likeness (QED) is 0.0644. The molecule has 3 aromatic carbocycles. The van der Waals surface area contributed by atoms with Crippen LogP contribution in [0.4, 0.5) is 10.5 Å². The normalized spacial score (nSPS) is 10.1. The molecule has 0 aliphatic heterocycles. The Bertz CT molecular complexity index is 1950. The predicted octanol–water partition coefficient (Wildman–Crippen LogP) is 9.34. The van der Waals surface area contributed by atoms with Gasteiger partial charge >= 0.3 is 6.09 Å². The number of amides is 2. The second-order valence-electron chi connectivity index (χ2n) is 10.8. The van der Waals surface area contributed by atoms with Gasteiger partial charge in [0.05, 0.1) is 44.6 Å². The van der Waals surface area contributed by atoms with Gasteiger partial charge < -0.3 is 32.6 Å². The highest BCUT2D eigenvalue weighted by Crippen LogP contribution is 2.26. The molecule has 51 heavy (non-hydrogen) atoms. The number of nitrogens with one attached hydrogen (secondary N) is 2. The molecule has 5 rings (SSSR count). The maximum atomic E-state index is 11.5. The lowest BCUT2D eigenvalue weighted by molar-refractivity contribution is -0.118. The Morgan fingerprint density at radius 2 is 1.45 bits per heavy atom. The molecule has 2 aromatic heterocycles. The van der Waals surface area contributed by atoms with E-state index < -0.39 is 11.7 Å². The highest BCUT2D eigenvalue weighted by atomic mass is 127. The van der Waals surface area contributed by atoms with Gasteiger partial charge in [0.15, 0.2) is 0 Å². The fourth-order valence-corrected chi connectivity index (χ4v) is 6.48. The summed E-state index contributed by atoms with van der Waals surface area (Å²) in [7, 11) is 0. The number of carbonyl (C=O) groups is 2. The third-order valence-corrected chi connectivity index (χ3v) is 9.06. The van der Waals surface area contributed by atoms with Crippen molar-refractivity contribution in [2.45, 2.75) is 53.3 Å². The molecule has 5 aromatic rings. The Balaban J connectivity index is 0. The van der Waals surface area contributed by atoms with Crippen LogP contribution in [0, 0.1) is 14.9 Å². The van der Waals surface area contributed by atoms with Gasteiger partial charge in [-0.2, -0.15) is 5.26 Å². The third-order valence-electron chi connectivity index (χ3n) is 5.22. The van der Waals surface area contributed by atoms with Crippen LogP contribution < -0.4 is 27.8 Å². The van der Waals surface area contributed by atoms with Crippen molar-refractivity contribution in [3.8, 4) is 6.07 Å². The van der Waals surface area contributed by atoms with Crippen molar-refractivity contribution in [3.05, 3.63) is 83.3 Å². The Morgan fingerprint density at radius 3 is 1.86 bits per heavy atom. The predicted molar refractivity (Wildman–Crippen MR) is 230 cm³/mol. The van der Waals surface area contributed by atoms with Crippen LogP contribution in [0.1, 0.15) is 49.0 Å². The molecular weight excluding hydrogens is 886 g/mol. The lowest BCUT2D eigenvalue weighted by atomic mass is 10.2. The summed E-state index contributed by atoms with van der Waals surface area (Å²) >= 11 is 27.1. The monoisotopic (exact) mass is 932 g/mol. The standard InChI is InChI=1S/C13H15ClN2O2S.C8H7ClN2S.C6H5ClIN.C4H8N2OS.C2H3N.2H2/c1-13(2,3)18-12(17)15-7-11-16-9-5-4-8(14)6-10(9)19-11;9-5-1-2-6-7(3-5)12-8(4-10)11-6;7-4-1-2-6(9)5(8)3-4;1-3(7)6-2-4(5)8;1-2-3;;/h4-6H,7H2,1-3H3,(H,15,17);1-3H,4,10H2;1-3H,9H2;2H2,1H3,(H2,5,8)(H,6,7);1H3;2*1H/i;;;;;1+2T;1+2. The number of nitrogen functional groups attached to an aromatic ring is 1. The summed E-state index contributed by atoms with van der Waals surface area (Å²) in [6, 6.07) is 18.3. The highest BCUT2D eigenvalue weighted by molar-refractivity contribution is 14.1. The number of rotatable bonds is 5. The maximum Gasteiger partial charge on any atom is 0.408 e. The summed E-state index contributed by atoms with van der Waals surface area (Å²) in [5, 5.41) is 16.4. The van der Waals surface area contributed by atoms with Gasteiger partial charge in [0.1, 0.15) is 15.6 Å². The summed E-state index contributed by atoms with van der Waals surface area (Å²) in [4.78, 5) is 30.7. The number of hydrogen-bond donors (Lipinski definition) is 5. The van der Waals surface area contributed by atoms with E-state index in [4.69, 9.17) is 65.0 Å². The first-order valence-electron chi connectivity index (χ1n) is 15.7. The van der Waals surface area contributed by atoms with E-state index in [1.54, 1.807) is 35.6 Å². The molecule has 0 atom stereocenters. The van der Waals surface area contributed by atoms with Crippen LogP contribution in [-0.2, 0) is 22.6 Å². The molecule has 8 N–H and O–H groups in total. The number of nitriles is 1. The maximum absolute atomic E-state index is 11.5. The summed E-state index contributed by atoms with van der Waals surface area (Å²) < 4.78 is 18.3. The van der Waals surface area contributed by atoms with Gasteiger partial charge in [0, 0.05) is 49.1 Å². The van der Waals surface area contributed by atoms with E-state index in [9.17, 15) is 9.59 Å². The largest absolute Gasteiger partial charge is 0.444 e. The van der Waals surface area contributed by atoms with Crippen molar-refractivity contribution >= 4 is 135 Å². The fourth-order valence-electron chi connectivity index (χ4n) is 3.23. The summed E-state index contributed by atoms with van der Waals surface area (Å²) in [5.74, 6) is -0.113. The van der Waals surface area contributed by atoms with E-state index in [0.717, 1.165) is 49.8 Å². The number of benzene rings is 3. The smallest absolute Gasteiger partial charge is 0.408 e. The zero-order chi connectivity index (χ0) is 40.7. The van der Waals surface area contributed by atoms with Crippen molar-refractivity contribution in [2.75, 3.05) is 12.3 Å². The number of thiazole rings is 2. The van der Waals surface area contributed by atoms with E-state index in [1.165, 1.54) is 25.2 Å². The topological polar surface area (TPSA) is 195 Å². The van der Waals surface area contributed by atoms with Crippen molar-refractivity contribution in [1.82, 2.24) is 20.6 Å². The van der Waals surface area contributed by atoms with Crippen molar-refractivity contribution < 1.29 is 18.7 Å². The van der Waals surface area contributed by atoms with Gasteiger partial charge in [-0.3, -0.25) is 4.79 Å². The summed E-state index contributed by atoms with van der Waals surface area (Å²) in [6.07, 6.45) is -0.440. The second kappa shape index (κ2) is 23.5. The minimum Gasteiger partial charge on any atom is -0.444 e. The number of thiocarbonyl (C=S) groups is 1. The SMILES string of the molecule is CC#N.CC(=O)NCC(N)=S.CC(C)(C)OC(=O)NCc1nc2ccc(Cl)cc2s1.NCc1nc2ccc(Cl)cc2s1.Nc1ccc(Cl)cc1I.[3HH].[3H][3H]. The number of hydrogen-bond acceptors (Lipinski definition) is 11. The highest BCUT2D eigenvalue weighted by Gasteiger charge is 2.16. The van der Waals surface area contributed by atoms with Gasteiger partial charge in [0.2, 0.25) is 5.91 Å². The average molecular weight is 934 g/mol. The van der Waals surface area contributed by atoms with Gasteiger partial charge in [-0.25, -0.2) is 14.8 Å². The van der Waals surface area contributed by atoms with E-state index in [1.807, 2.05) is 57.2 Å². The summed E-state index contributed by atoms with van der Waals surface area (Å²) in [5.41, 5.74) is 18.2. The lowest BCUT2D eigenvalue weighted by Gasteiger charge is -2.19. The lowest BCUT2D eigenvalue weighted by Crippen LogP contribution is -2.32. The van der Waals surface area contributed by atoms with Gasteiger partial charge in [-0.1, -0.05) is 47.0 Å². The molecule has 0 spiro atoms. The number of fused-ring (bicyclic) bond motifs is 2. The zero-order valence-electron chi connectivity index (χ0n) is 30.4. The number of alkyl carbamates (subject to hydrolysis) is 1. The molecule has 18 heteroatoms. The number of carbonyl (C=O) groups excluding carboxylic acids is 2. The first-order chi connectivity index (χ1) is 24.9. The van der Waals surface area contributed by atoms with Gasteiger partial charge in [-0.05, 0) is 98.0 Å². The molecule has 0 aliphatic rings. The van der Waals surface area contributed by atoms with Crippen molar-refractivity contribution in [1.29, 1.82) is 5.26 Å². The van der Waals surface area contributed by atoms with Crippen LogP contribution in [0.25, 0.3) is 20.4 Å². The van der Waals surface area contributed by atoms with Gasteiger partial charge in [0.25, 0.3) is 0 Å². The molecule has 278 valence electrons. The van der Waals surface area contributed by atoms with Crippen LogP contribution in [0.3, 0.4) is 0 Å². The molecule has 0 fully saturated rings. The minimum absolute atomic E-state index is 0. The molecule has 0 bridgehead atoms. The average Bonchev–Trinajstić information content (AvgIpc) is 3.69. The molecule has 0 aliphatic carbocycles. The van der Waals surface area contributed by atoms with Crippen LogP contribution in [0.15, 0.2) is 54.6 Å². The first-order valence-corrected chi connectivity index (χ1v) is 18.9. The number of anilines is 1. The fraction of sp³-hybridized carbons (Fsp3) is 0.273. The Labute approximate surface area is 343 Å². The van der Waals surface area contributed by atoms with E-state index in [2.05, 4.69) is 55.4 Å². The number of nitrogens with two attached hydrogens (primary N) is 3. The Kier molecular flexibility index (Phi) is 20.3. The van der Waals surface area contributed by atoms with Crippen molar-refractivity contribution in [2.24, 2.45) is 11.5 Å². The zero-order valence-corrected chi connectivity index (χ0v) is 35.2. The molecular formula is C33H42Cl3IN8O3S3. The number of nitrogens with zero attached hydrogens (tertiary/aromatic N) is 3. The van der Waals surface area contributed by atoms with Gasteiger partial charge in [-0.15, -0.1) is 22.7 Å². The molecule has 0 saturated heterocycles. The molecule has 2 heterocycles. The molecule has 11 nitrogen and oxygen atoms in total. The van der Waals surface area contributed by atoms with Crippen LogP contribution in [0.2, 0.25) is 15.1 Å². The van der Waals surface area contributed by atoms with Crippen LogP contribution in [0.5, 0.6) is 0 Å². The summed E-state index contributed by atoms with van der Waals surface area (Å²) in [6.45, 7) is 9.47. The van der Waals surface area contributed by atoms with Crippen LogP contribution >= 0.6 is 92.3 Å². The number of aromatic nitrogens is 2. The second-order valence-corrected chi connectivity index (χ2v) is 16.0. The Hall–Kier alpha value is -3.08. The first kappa shape index (κ1) is 44.1. The van der Waals surface area contributed by atoms with E-state index in [0.29, 0.717) is 29.6 Å². The minimum atomic E-state index is -0.495. The number of ether oxygens (including phenoxy) is 1. The molecule has 0 saturated carbocycles. The Morgan fingerprint density at radius 1 is 0.980 bits per heavy atom. The van der Waals surface area contributed by atoms with Crippen molar-refractivity contribution in [3.63, 3.8) is 0 Å². The molecule has 2 amide bonds. The molecule has 0 unspecified atom stereocenters. The van der Waals surface area contributed by atoms with E-state index in [-0.39, 0.29) is 7.33 Å². The number of halogens is 4. The van der Waals surface area contributed by atoms with E-state index >= 15 is 0 Å². The molecule has 0 radical (unpaired) electrons. The van der Waals surface area contributed by atoms with Crippen LogP contribution in [-0.4, -0.2) is 39.1 Å². The third kappa shape index (κ3) is 19.9.